The average Bonchev–Trinajstić information content (AvgIpc) is 2.99. The van der Waals surface area contributed by atoms with E-state index in [-0.39, 0.29) is 29.2 Å². The first-order chi connectivity index (χ1) is 21.0. The number of phenolic OH excluding ortho intramolecular Hbond substituents is 1. The second-order valence-electron chi connectivity index (χ2n) is 12.2. The van der Waals surface area contributed by atoms with E-state index in [0.717, 1.165) is 50.0 Å². The molecule has 8 heteroatoms. The molecule has 1 aromatic rings. The van der Waals surface area contributed by atoms with E-state index in [1.165, 1.54) is 33.5 Å². The molecule has 4 N–H and O–H groups in total. The number of unbranched alkanes of at least 4 members (excludes halogenated alkanes) is 5. The Labute approximate surface area is 266 Å². The molecular formula is C36H58N2O6. The summed E-state index contributed by atoms with van der Waals surface area (Å²) in [5, 5.41) is 24.9. The molecule has 0 bridgehead atoms. The van der Waals surface area contributed by atoms with Gasteiger partial charge in [0, 0.05) is 31.8 Å². The van der Waals surface area contributed by atoms with Crippen LogP contribution in [0.2, 0.25) is 0 Å². The molecule has 0 fully saturated rings. The number of aliphatic hydroxyl groups is 1. The van der Waals surface area contributed by atoms with Crippen molar-refractivity contribution in [3.8, 4) is 11.5 Å². The summed E-state index contributed by atoms with van der Waals surface area (Å²) in [6, 6.07) is 5.10. The molecule has 44 heavy (non-hydrogen) atoms. The minimum Gasteiger partial charge on any atom is -0.504 e. The first-order valence-corrected chi connectivity index (χ1v) is 16.3. The second-order valence-corrected chi connectivity index (χ2v) is 12.2. The number of hydrogen-bond donors (Lipinski definition) is 4. The summed E-state index contributed by atoms with van der Waals surface area (Å²) in [6.45, 7) is 9.85. The molecule has 1 aliphatic rings. The second kappa shape index (κ2) is 23.0. The van der Waals surface area contributed by atoms with Gasteiger partial charge in [-0.2, -0.15) is 0 Å². The van der Waals surface area contributed by atoms with E-state index in [4.69, 9.17) is 9.47 Å². The number of carbonyl (C=O) groups excluding carboxylic acids is 2. The summed E-state index contributed by atoms with van der Waals surface area (Å²) in [4.78, 5) is 23.6. The quantitative estimate of drug-likeness (QED) is 0.0930. The SMILES string of the molecule is COC1=CC(CNC(=O)CCCC/C=C/C(C)C)CC=C1O.COc1cc(CNC(=O)CCCCCCC(C)C)ccc1O. The lowest BCUT2D eigenvalue weighted by Crippen LogP contribution is -2.29. The van der Waals surface area contributed by atoms with E-state index >= 15 is 0 Å². The highest BCUT2D eigenvalue weighted by Crippen LogP contribution is 2.26. The smallest absolute Gasteiger partial charge is 0.220 e. The number of carbonyl (C=O) groups is 2. The zero-order chi connectivity index (χ0) is 32.7. The number of ether oxygens (including phenoxy) is 2. The van der Waals surface area contributed by atoms with Crippen LogP contribution in [0.3, 0.4) is 0 Å². The van der Waals surface area contributed by atoms with Gasteiger partial charge in [0.05, 0.1) is 14.2 Å². The normalized spacial score (nSPS) is 14.5. The van der Waals surface area contributed by atoms with Crippen molar-refractivity contribution >= 4 is 11.8 Å². The molecule has 2 amide bonds. The van der Waals surface area contributed by atoms with Crippen molar-refractivity contribution in [2.45, 2.75) is 105 Å². The fourth-order valence-corrected chi connectivity index (χ4v) is 4.61. The molecule has 0 radical (unpaired) electrons. The third kappa shape index (κ3) is 18.3. The van der Waals surface area contributed by atoms with Crippen LogP contribution < -0.4 is 15.4 Å². The Hall–Kier alpha value is -3.42. The van der Waals surface area contributed by atoms with Crippen LogP contribution in [0.5, 0.6) is 11.5 Å². The van der Waals surface area contributed by atoms with Crippen molar-refractivity contribution in [2.75, 3.05) is 20.8 Å². The van der Waals surface area contributed by atoms with Crippen LogP contribution in [0.4, 0.5) is 0 Å². The molecular weight excluding hydrogens is 556 g/mol. The Bertz CT molecular complexity index is 1060. The molecule has 2 rings (SSSR count). The fourth-order valence-electron chi connectivity index (χ4n) is 4.61. The molecule has 0 aromatic heterocycles. The Balaban J connectivity index is 0.000000440. The molecule has 0 saturated carbocycles. The molecule has 248 valence electrons. The van der Waals surface area contributed by atoms with Crippen molar-refractivity contribution in [1.29, 1.82) is 0 Å². The highest BCUT2D eigenvalue weighted by Gasteiger charge is 2.16. The molecule has 1 atom stereocenters. The number of aromatic hydroxyl groups is 1. The van der Waals surface area contributed by atoms with E-state index in [0.29, 0.717) is 43.4 Å². The molecule has 8 nitrogen and oxygen atoms in total. The van der Waals surface area contributed by atoms with Crippen LogP contribution in [-0.2, 0) is 20.9 Å². The number of allylic oxidation sites excluding steroid dienone is 3. The van der Waals surface area contributed by atoms with E-state index in [1.54, 1.807) is 24.3 Å². The van der Waals surface area contributed by atoms with Crippen molar-refractivity contribution < 1.29 is 29.3 Å². The largest absolute Gasteiger partial charge is 0.504 e. The van der Waals surface area contributed by atoms with E-state index in [2.05, 4.69) is 50.5 Å². The van der Waals surface area contributed by atoms with Gasteiger partial charge in [-0.25, -0.2) is 0 Å². The lowest BCUT2D eigenvalue weighted by Gasteiger charge is -2.18. The zero-order valence-electron chi connectivity index (χ0n) is 28.0. The van der Waals surface area contributed by atoms with Crippen LogP contribution in [0, 0.1) is 17.8 Å². The Kier molecular flexibility index (Phi) is 20.2. The number of nitrogens with one attached hydrogen (secondary N) is 2. The van der Waals surface area contributed by atoms with Gasteiger partial charge < -0.3 is 30.3 Å². The topological polar surface area (TPSA) is 117 Å². The number of benzene rings is 1. The average molecular weight is 615 g/mol. The van der Waals surface area contributed by atoms with Gasteiger partial charge >= 0.3 is 0 Å². The maximum atomic E-state index is 11.8. The highest BCUT2D eigenvalue weighted by atomic mass is 16.5. The van der Waals surface area contributed by atoms with E-state index < -0.39 is 0 Å². The number of amides is 2. The predicted molar refractivity (Wildman–Crippen MR) is 178 cm³/mol. The zero-order valence-corrected chi connectivity index (χ0v) is 28.0. The standard InChI is InChI=1S/2C18H29NO3/c2*1-14(2)8-6-4-5-7-9-18(21)19-13-15-10-11-16(20)17(12-15)22-3/h10-12,14,20H,4-9,13H2,1-3H3,(H,19,21);6,8,11-12,14-15,20H,4-5,7,9-10,13H2,1-3H3,(H,19,21)/b;8-6+. The van der Waals surface area contributed by atoms with Crippen molar-refractivity contribution in [3.63, 3.8) is 0 Å². The Morgan fingerprint density at radius 2 is 1.61 bits per heavy atom. The molecule has 0 spiro atoms. The van der Waals surface area contributed by atoms with Gasteiger partial charge in [0.15, 0.2) is 23.0 Å². The summed E-state index contributed by atoms with van der Waals surface area (Å²) in [5.41, 5.74) is 0.917. The summed E-state index contributed by atoms with van der Waals surface area (Å²) < 4.78 is 10.1. The molecule has 0 saturated heterocycles. The minimum absolute atomic E-state index is 0.0795. The van der Waals surface area contributed by atoms with Gasteiger partial charge in [-0.15, -0.1) is 0 Å². The van der Waals surface area contributed by atoms with Crippen LogP contribution in [0.1, 0.15) is 104 Å². The monoisotopic (exact) mass is 614 g/mol. The van der Waals surface area contributed by atoms with E-state index in [9.17, 15) is 19.8 Å². The Morgan fingerprint density at radius 3 is 2.27 bits per heavy atom. The van der Waals surface area contributed by atoms with Gasteiger partial charge in [0.25, 0.3) is 0 Å². The van der Waals surface area contributed by atoms with Crippen LogP contribution in [0.15, 0.2) is 54.0 Å². The molecule has 1 aliphatic carbocycles. The third-order valence-electron chi connectivity index (χ3n) is 7.25. The number of aliphatic hydroxyl groups excluding tert-OH is 1. The van der Waals surface area contributed by atoms with E-state index in [1.807, 2.05) is 6.08 Å². The predicted octanol–water partition coefficient (Wildman–Crippen LogP) is 7.88. The Morgan fingerprint density at radius 1 is 0.932 bits per heavy atom. The first-order valence-electron chi connectivity index (χ1n) is 16.3. The third-order valence-corrected chi connectivity index (χ3v) is 7.25. The van der Waals surface area contributed by atoms with Gasteiger partial charge in [0.1, 0.15) is 0 Å². The van der Waals surface area contributed by atoms with Gasteiger partial charge in [-0.05, 0) is 73.8 Å². The number of phenols is 1. The number of methoxy groups -OCH3 is 2. The highest BCUT2D eigenvalue weighted by molar-refractivity contribution is 5.76. The van der Waals surface area contributed by atoms with Crippen molar-refractivity contribution in [2.24, 2.45) is 17.8 Å². The van der Waals surface area contributed by atoms with Gasteiger partial charge in [-0.1, -0.05) is 71.6 Å². The summed E-state index contributed by atoms with van der Waals surface area (Å²) >= 11 is 0. The number of hydrogen-bond acceptors (Lipinski definition) is 6. The summed E-state index contributed by atoms with van der Waals surface area (Å²) in [6.07, 6.45) is 18.7. The van der Waals surface area contributed by atoms with Crippen LogP contribution in [-0.4, -0.2) is 42.8 Å². The summed E-state index contributed by atoms with van der Waals surface area (Å²) in [7, 11) is 3.04. The lowest BCUT2D eigenvalue weighted by atomic mass is 9.99. The minimum atomic E-state index is 0.0795. The maximum Gasteiger partial charge on any atom is 0.220 e. The first kappa shape index (κ1) is 38.6. The lowest BCUT2D eigenvalue weighted by molar-refractivity contribution is -0.122. The van der Waals surface area contributed by atoms with Gasteiger partial charge in [-0.3, -0.25) is 9.59 Å². The van der Waals surface area contributed by atoms with Crippen LogP contribution in [0.25, 0.3) is 0 Å². The number of rotatable bonds is 19. The van der Waals surface area contributed by atoms with Crippen molar-refractivity contribution in [3.05, 3.63) is 59.6 Å². The fraction of sp³-hybridized carbons (Fsp3) is 0.611. The summed E-state index contributed by atoms with van der Waals surface area (Å²) in [5.74, 6) is 2.93. The molecule has 1 aromatic carbocycles. The molecule has 0 heterocycles. The van der Waals surface area contributed by atoms with Gasteiger partial charge in [0.2, 0.25) is 11.8 Å². The maximum absolute atomic E-state index is 11.8. The van der Waals surface area contributed by atoms with Crippen molar-refractivity contribution in [1.82, 2.24) is 10.6 Å². The molecule has 0 aliphatic heterocycles. The molecule has 1 unspecified atom stereocenters. The van der Waals surface area contributed by atoms with Crippen LogP contribution >= 0.6 is 0 Å².